The summed E-state index contributed by atoms with van der Waals surface area (Å²) in [6.45, 7) is 1.38. The van der Waals surface area contributed by atoms with Crippen LogP contribution in [0.15, 0.2) is 18.2 Å². The number of carbonyl (C=O) groups is 1. The van der Waals surface area contributed by atoms with Crippen molar-refractivity contribution in [3.8, 4) is 11.5 Å². The van der Waals surface area contributed by atoms with Gasteiger partial charge in [-0.3, -0.25) is 9.69 Å². The first-order valence-electron chi connectivity index (χ1n) is 7.26. The smallest absolute Gasteiger partial charge is 0.326 e. The van der Waals surface area contributed by atoms with Crippen molar-refractivity contribution in [3.05, 3.63) is 23.8 Å². The Kier molecular flexibility index (Phi) is 5.26. The van der Waals surface area contributed by atoms with E-state index in [0.717, 1.165) is 18.5 Å². The molecule has 1 atom stereocenters. The molecule has 122 valence electrons. The van der Waals surface area contributed by atoms with Crippen molar-refractivity contribution in [2.24, 2.45) is 0 Å². The number of hydrogen-bond acceptors (Lipinski definition) is 5. The second kappa shape index (κ2) is 6.98. The maximum atomic E-state index is 11.8. The van der Waals surface area contributed by atoms with Gasteiger partial charge >= 0.3 is 5.97 Å². The molecule has 1 aliphatic heterocycles. The van der Waals surface area contributed by atoms with E-state index in [4.69, 9.17) is 14.2 Å². The monoisotopic (exact) mass is 309 g/mol. The van der Waals surface area contributed by atoms with E-state index in [0.29, 0.717) is 24.5 Å². The molecule has 6 heteroatoms. The number of hydrogen-bond donors (Lipinski definition) is 1. The van der Waals surface area contributed by atoms with Gasteiger partial charge in [0.05, 0.1) is 20.8 Å². The van der Waals surface area contributed by atoms with Gasteiger partial charge in [-0.05, 0) is 25.5 Å². The summed E-state index contributed by atoms with van der Waals surface area (Å²) in [4.78, 5) is 13.8. The van der Waals surface area contributed by atoms with E-state index < -0.39 is 11.5 Å². The molecule has 0 bridgehead atoms. The van der Waals surface area contributed by atoms with Crippen molar-refractivity contribution in [1.82, 2.24) is 4.90 Å². The van der Waals surface area contributed by atoms with Crippen LogP contribution in [0, 0.1) is 0 Å². The molecule has 1 heterocycles. The summed E-state index contributed by atoms with van der Waals surface area (Å²) in [6.07, 6.45) is 1.42. The highest BCUT2D eigenvalue weighted by atomic mass is 16.5. The molecule has 1 saturated heterocycles. The Morgan fingerprint density at radius 2 is 2.09 bits per heavy atom. The van der Waals surface area contributed by atoms with Gasteiger partial charge in [0.1, 0.15) is 5.54 Å². The van der Waals surface area contributed by atoms with E-state index in [2.05, 4.69) is 0 Å². The SMILES string of the molecule is COCC1(C(=O)O)CCCN1Cc1cccc(OC)c1OC. The molecule has 0 amide bonds. The van der Waals surface area contributed by atoms with Gasteiger partial charge in [0.2, 0.25) is 0 Å². The average Bonchev–Trinajstić information content (AvgIpc) is 2.91. The van der Waals surface area contributed by atoms with Crippen molar-refractivity contribution < 1.29 is 24.1 Å². The Labute approximate surface area is 130 Å². The van der Waals surface area contributed by atoms with E-state index in [9.17, 15) is 9.90 Å². The summed E-state index contributed by atoms with van der Waals surface area (Å²) in [5, 5.41) is 9.69. The lowest BCUT2D eigenvalue weighted by Crippen LogP contribution is -2.53. The number of carboxylic acid groups (broad SMARTS) is 1. The Balaban J connectivity index is 2.31. The minimum absolute atomic E-state index is 0.175. The van der Waals surface area contributed by atoms with Crippen LogP contribution >= 0.6 is 0 Å². The molecule has 0 radical (unpaired) electrons. The predicted molar refractivity (Wildman–Crippen MR) is 81.4 cm³/mol. The molecule has 1 unspecified atom stereocenters. The van der Waals surface area contributed by atoms with Crippen LogP contribution in [0.5, 0.6) is 11.5 Å². The Morgan fingerprint density at radius 3 is 2.68 bits per heavy atom. The van der Waals surface area contributed by atoms with Crippen molar-refractivity contribution >= 4 is 5.97 Å². The second-order valence-electron chi connectivity index (χ2n) is 5.45. The van der Waals surface area contributed by atoms with Gasteiger partial charge in [0.25, 0.3) is 0 Å². The number of ether oxygens (including phenoxy) is 3. The molecule has 1 N–H and O–H groups in total. The van der Waals surface area contributed by atoms with Crippen LogP contribution in [0.25, 0.3) is 0 Å². The molecule has 0 aromatic heterocycles. The van der Waals surface area contributed by atoms with Crippen molar-refractivity contribution in [3.63, 3.8) is 0 Å². The first kappa shape index (κ1) is 16.6. The molecule has 22 heavy (non-hydrogen) atoms. The van der Waals surface area contributed by atoms with Crippen LogP contribution in [0.3, 0.4) is 0 Å². The minimum atomic E-state index is -0.969. The molecule has 0 spiro atoms. The maximum absolute atomic E-state index is 11.8. The van der Waals surface area contributed by atoms with Gasteiger partial charge in [-0.15, -0.1) is 0 Å². The summed E-state index contributed by atoms with van der Waals surface area (Å²) >= 11 is 0. The van der Waals surface area contributed by atoms with E-state index in [1.807, 2.05) is 23.1 Å². The van der Waals surface area contributed by atoms with E-state index >= 15 is 0 Å². The molecular weight excluding hydrogens is 286 g/mol. The largest absolute Gasteiger partial charge is 0.493 e. The lowest BCUT2D eigenvalue weighted by Gasteiger charge is -2.34. The van der Waals surface area contributed by atoms with E-state index in [1.54, 1.807) is 14.2 Å². The Hall–Kier alpha value is -1.79. The lowest BCUT2D eigenvalue weighted by molar-refractivity contribution is -0.153. The van der Waals surface area contributed by atoms with Crippen LogP contribution in [-0.4, -0.2) is 56.0 Å². The summed E-state index contributed by atoms with van der Waals surface area (Å²) in [6, 6.07) is 5.64. The van der Waals surface area contributed by atoms with E-state index in [1.165, 1.54) is 7.11 Å². The van der Waals surface area contributed by atoms with Crippen molar-refractivity contribution in [2.45, 2.75) is 24.9 Å². The first-order chi connectivity index (χ1) is 10.6. The second-order valence-corrected chi connectivity index (χ2v) is 5.45. The van der Waals surface area contributed by atoms with Gasteiger partial charge < -0.3 is 19.3 Å². The molecule has 0 saturated carbocycles. The highest BCUT2D eigenvalue weighted by Crippen LogP contribution is 2.36. The Morgan fingerprint density at radius 1 is 1.32 bits per heavy atom. The van der Waals surface area contributed by atoms with Crippen LogP contribution in [0.4, 0.5) is 0 Å². The normalized spacial score (nSPS) is 21.8. The van der Waals surface area contributed by atoms with Crippen molar-refractivity contribution in [2.75, 3.05) is 34.5 Å². The third-order valence-corrected chi connectivity index (χ3v) is 4.25. The highest BCUT2D eigenvalue weighted by Gasteiger charge is 2.48. The van der Waals surface area contributed by atoms with Crippen LogP contribution in [0.2, 0.25) is 0 Å². The molecule has 2 rings (SSSR count). The zero-order valence-corrected chi connectivity index (χ0v) is 13.3. The number of benzene rings is 1. The van der Waals surface area contributed by atoms with Gasteiger partial charge in [-0.25, -0.2) is 0 Å². The molecule has 1 aliphatic rings. The lowest BCUT2D eigenvalue weighted by atomic mass is 9.96. The number of nitrogens with zero attached hydrogens (tertiary/aromatic N) is 1. The fourth-order valence-corrected chi connectivity index (χ4v) is 3.15. The van der Waals surface area contributed by atoms with Gasteiger partial charge in [0.15, 0.2) is 11.5 Å². The van der Waals surface area contributed by atoms with Crippen LogP contribution in [-0.2, 0) is 16.1 Å². The molecule has 0 aliphatic carbocycles. The molecule has 1 aromatic carbocycles. The number of para-hydroxylation sites is 1. The summed E-state index contributed by atoms with van der Waals surface area (Å²) in [5.74, 6) is 0.453. The van der Waals surface area contributed by atoms with Crippen molar-refractivity contribution in [1.29, 1.82) is 0 Å². The molecular formula is C16H23NO5. The summed E-state index contributed by atoms with van der Waals surface area (Å²) in [5.41, 5.74) is -0.0616. The number of likely N-dealkylation sites (tertiary alicyclic amines) is 1. The first-order valence-corrected chi connectivity index (χ1v) is 7.26. The zero-order valence-electron chi connectivity index (χ0n) is 13.3. The van der Waals surface area contributed by atoms with Gasteiger partial charge in [-0.2, -0.15) is 0 Å². The third kappa shape index (κ3) is 2.89. The van der Waals surface area contributed by atoms with E-state index in [-0.39, 0.29) is 6.61 Å². The fraction of sp³-hybridized carbons (Fsp3) is 0.562. The molecule has 1 aromatic rings. The number of rotatable bonds is 7. The van der Waals surface area contributed by atoms with Gasteiger partial charge in [0, 0.05) is 19.2 Å². The predicted octanol–water partition coefficient (Wildman–Crippen LogP) is 1.77. The summed E-state index contributed by atoms with van der Waals surface area (Å²) in [7, 11) is 4.71. The average molecular weight is 309 g/mol. The topological polar surface area (TPSA) is 68.2 Å². The summed E-state index contributed by atoms with van der Waals surface area (Å²) < 4.78 is 15.9. The Bertz CT molecular complexity index is 533. The standard InChI is InChI=1S/C16H23NO5/c1-20-11-16(15(18)19)8-5-9-17(16)10-12-6-4-7-13(21-2)14(12)22-3/h4,6-7H,5,8-11H2,1-3H3,(H,18,19). The van der Waals surface area contributed by atoms with Crippen LogP contribution < -0.4 is 9.47 Å². The molecule has 1 fully saturated rings. The fourth-order valence-electron chi connectivity index (χ4n) is 3.15. The molecule has 6 nitrogen and oxygen atoms in total. The third-order valence-electron chi connectivity index (χ3n) is 4.25. The zero-order chi connectivity index (χ0) is 16.2. The quantitative estimate of drug-likeness (QED) is 0.828. The van der Waals surface area contributed by atoms with Crippen LogP contribution in [0.1, 0.15) is 18.4 Å². The van der Waals surface area contributed by atoms with Gasteiger partial charge in [-0.1, -0.05) is 12.1 Å². The number of methoxy groups -OCH3 is 3. The maximum Gasteiger partial charge on any atom is 0.326 e. The number of aliphatic carboxylic acids is 1. The number of carboxylic acids is 1. The minimum Gasteiger partial charge on any atom is -0.493 e. The highest BCUT2D eigenvalue weighted by molar-refractivity contribution is 5.79.